The van der Waals surface area contributed by atoms with Gasteiger partial charge < -0.3 is 10.4 Å². The highest BCUT2D eigenvalue weighted by Gasteiger charge is 2.18. The van der Waals surface area contributed by atoms with Gasteiger partial charge >= 0.3 is 0 Å². The largest absolute Gasteiger partial charge is 0.388 e. The minimum Gasteiger partial charge on any atom is -0.388 e. The van der Waals surface area contributed by atoms with Crippen LogP contribution in [-0.2, 0) is 6.54 Å². The topological polar surface area (TPSA) is 58.0 Å². The van der Waals surface area contributed by atoms with Gasteiger partial charge in [-0.05, 0) is 25.3 Å². The van der Waals surface area contributed by atoms with E-state index in [9.17, 15) is 5.11 Å². The average Bonchev–Trinajstić information content (AvgIpc) is 2.88. The molecule has 4 nitrogen and oxygen atoms in total. The lowest BCUT2D eigenvalue weighted by molar-refractivity contribution is 0.0845. The monoisotopic (exact) mass is 309 g/mol. The lowest BCUT2D eigenvalue weighted by atomic mass is 10.1. The summed E-state index contributed by atoms with van der Waals surface area (Å²) in [5.41, 5.74) is 1.20. The predicted molar refractivity (Wildman–Crippen MR) is 86.1 cm³/mol. The molecule has 0 spiro atoms. The second-order valence-corrected chi connectivity index (χ2v) is 6.62. The van der Waals surface area contributed by atoms with Crippen LogP contribution in [0.4, 0.5) is 0 Å². The molecule has 0 aliphatic rings. The SMILES string of the molecule is CSCC(C)(O)CNCc1csc(-c2ccccn2)n1. The normalized spacial score (nSPS) is 14.2. The number of pyridine rings is 1. The van der Waals surface area contributed by atoms with Crippen LogP contribution in [0.1, 0.15) is 12.6 Å². The van der Waals surface area contributed by atoms with Gasteiger partial charge in [0.2, 0.25) is 0 Å². The predicted octanol–water partition coefficient (Wildman–Crippen LogP) is 2.41. The van der Waals surface area contributed by atoms with Gasteiger partial charge in [0.25, 0.3) is 0 Å². The van der Waals surface area contributed by atoms with Crippen molar-refractivity contribution >= 4 is 23.1 Å². The van der Waals surface area contributed by atoms with E-state index in [1.165, 1.54) is 0 Å². The number of hydrogen-bond acceptors (Lipinski definition) is 6. The summed E-state index contributed by atoms with van der Waals surface area (Å²) in [5, 5.41) is 16.3. The van der Waals surface area contributed by atoms with Gasteiger partial charge in [-0.25, -0.2) is 4.98 Å². The Kier molecular flexibility index (Phi) is 5.54. The third-order valence-electron chi connectivity index (χ3n) is 2.70. The van der Waals surface area contributed by atoms with Crippen molar-refractivity contribution in [1.29, 1.82) is 0 Å². The molecule has 2 aromatic rings. The number of rotatable bonds is 7. The van der Waals surface area contributed by atoms with Gasteiger partial charge in [-0.1, -0.05) is 6.07 Å². The average molecular weight is 309 g/mol. The Labute approximate surface area is 127 Å². The minimum absolute atomic E-state index is 0.560. The molecule has 0 saturated heterocycles. The van der Waals surface area contributed by atoms with Crippen LogP contribution in [-0.4, -0.2) is 39.2 Å². The Morgan fingerprint density at radius 3 is 3.00 bits per heavy atom. The Morgan fingerprint density at radius 2 is 2.30 bits per heavy atom. The molecule has 0 bridgehead atoms. The van der Waals surface area contributed by atoms with Gasteiger partial charge in [0.15, 0.2) is 0 Å². The number of nitrogens with one attached hydrogen (secondary N) is 1. The maximum atomic E-state index is 10.1. The van der Waals surface area contributed by atoms with Gasteiger partial charge in [-0.2, -0.15) is 11.8 Å². The first kappa shape index (κ1) is 15.4. The number of hydrogen-bond donors (Lipinski definition) is 2. The van der Waals surface area contributed by atoms with Crippen molar-refractivity contribution in [1.82, 2.24) is 15.3 Å². The third-order valence-corrected chi connectivity index (χ3v) is 4.53. The maximum Gasteiger partial charge on any atom is 0.142 e. The summed E-state index contributed by atoms with van der Waals surface area (Å²) in [4.78, 5) is 8.84. The highest BCUT2D eigenvalue weighted by molar-refractivity contribution is 7.98. The third kappa shape index (κ3) is 4.56. The molecule has 0 aliphatic heterocycles. The molecule has 2 aromatic heterocycles. The van der Waals surface area contributed by atoms with E-state index in [0.717, 1.165) is 22.1 Å². The molecule has 6 heteroatoms. The van der Waals surface area contributed by atoms with Crippen molar-refractivity contribution in [3.8, 4) is 10.7 Å². The zero-order valence-electron chi connectivity index (χ0n) is 11.7. The van der Waals surface area contributed by atoms with Crippen molar-refractivity contribution in [2.75, 3.05) is 18.6 Å². The van der Waals surface area contributed by atoms with E-state index in [2.05, 4.69) is 15.3 Å². The maximum absolute atomic E-state index is 10.1. The van der Waals surface area contributed by atoms with Crippen LogP contribution in [0, 0.1) is 0 Å². The first-order valence-corrected chi connectivity index (χ1v) is 8.66. The van der Waals surface area contributed by atoms with E-state index >= 15 is 0 Å². The molecule has 1 unspecified atom stereocenters. The molecule has 108 valence electrons. The molecule has 0 radical (unpaired) electrons. The summed E-state index contributed by atoms with van der Waals surface area (Å²) in [7, 11) is 0. The summed E-state index contributed by atoms with van der Waals surface area (Å²) in [6, 6.07) is 5.81. The Hall–Kier alpha value is -0.950. The zero-order valence-corrected chi connectivity index (χ0v) is 13.3. The molecule has 1 atom stereocenters. The fourth-order valence-electron chi connectivity index (χ4n) is 1.82. The van der Waals surface area contributed by atoms with Crippen LogP contribution in [0.2, 0.25) is 0 Å². The lowest BCUT2D eigenvalue weighted by Gasteiger charge is -2.22. The van der Waals surface area contributed by atoms with Crippen LogP contribution in [0.15, 0.2) is 29.8 Å². The molecule has 0 amide bonds. The van der Waals surface area contributed by atoms with Crippen molar-refractivity contribution in [2.24, 2.45) is 0 Å². The van der Waals surface area contributed by atoms with E-state index in [1.54, 1.807) is 29.3 Å². The van der Waals surface area contributed by atoms with E-state index in [1.807, 2.05) is 36.8 Å². The molecule has 2 rings (SSSR count). The molecule has 20 heavy (non-hydrogen) atoms. The quantitative estimate of drug-likeness (QED) is 0.822. The number of thiazole rings is 1. The molecule has 0 aromatic carbocycles. The summed E-state index contributed by atoms with van der Waals surface area (Å²) in [5.74, 6) is 0.719. The van der Waals surface area contributed by atoms with Crippen LogP contribution in [0.25, 0.3) is 10.7 Å². The number of thioether (sulfide) groups is 1. The molecule has 0 saturated carbocycles. The standard InChI is InChI=1S/C14H19N3OS2/c1-14(18,10-19-2)9-15-7-11-8-20-13(17-11)12-5-3-4-6-16-12/h3-6,8,15,18H,7,9-10H2,1-2H3. The fraction of sp³-hybridized carbons (Fsp3) is 0.429. The van der Waals surface area contributed by atoms with E-state index < -0.39 is 5.60 Å². The molecule has 0 aliphatic carbocycles. The first-order chi connectivity index (χ1) is 9.61. The lowest BCUT2D eigenvalue weighted by Crippen LogP contribution is -2.39. The van der Waals surface area contributed by atoms with E-state index in [-0.39, 0.29) is 0 Å². The highest BCUT2D eigenvalue weighted by atomic mass is 32.2. The molecular weight excluding hydrogens is 290 g/mol. The van der Waals surface area contributed by atoms with Crippen LogP contribution >= 0.6 is 23.1 Å². The second-order valence-electron chi connectivity index (χ2n) is 4.89. The minimum atomic E-state index is -0.681. The number of nitrogens with zero attached hydrogens (tertiary/aromatic N) is 2. The van der Waals surface area contributed by atoms with Crippen LogP contribution in [0.3, 0.4) is 0 Å². The molecule has 0 fully saturated rings. The summed E-state index contributed by atoms with van der Waals surface area (Å²) in [6.07, 6.45) is 3.77. The van der Waals surface area contributed by atoms with Crippen LogP contribution in [0.5, 0.6) is 0 Å². The first-order valence-electron chi connectivity index (χ1n) is 6.38. The summed E-state index contributed by atoms with van der Waals surface area (Å²) in [6.45, 7) is 3.06. The van der Waals surface area contributed by atoms with Gasteiger partial charge in [0.05, 0.1) is 17.0 Å². The van der Waals surface area contributed by atoms with Crippen LogP contribution < -0.4 is 5.32 Å². The Balaban J connectivity index is 1.88. The van der Waals surface area contributed by atoms with Gasteiger partial charge in [0.1, 0.15) is 5.01 Å². The highest BCUT2D eigenvalue weighted by Crippen LogP contribution is 2.21. The molecule has 2 heterocycles. The van der Waals surface area contributed by atoms with Gasteiger partial charge in [-0.3, -0.25) is 4.98 Å². The fourth-order valence-corrected chi connectivity index (χ4v) is 3.34. The Morgan fingerprint density at radius 1 is 1.45 bits per heavy atom. The van der Waals surface area contributed by atoms with E-state index in [4.69, 9.17) is 0 Å². The van der Waals surface area contributed by atoms with Crippen molar-refractivity contribution in [2.45, 2.75) is 19.1 Å². The van der Waals surface area contributed by atoms with E-state index in [0.29, 0.717) is 13.1 Å². The van der Waals surface area contributed by atoms with Crippen molar-refractivity contribution in [3.63, 3.8) is 0 Å². The molecular formula is C14H19N3OS2. The Bertz CT molecular complexity index is 528. The molecule has 2 N–H and O–H groups in total. The van der Waals surface area contributed by atoms with Crippen molar-refractivity contribution in [3.05, 3.63) is 35.5 Å². The summed E-state index contributed by atoms with van der Waals surface area (Å²) >= 11 is 3.23. The zero-order chi connectivity index (χ0) is 14.4. The smallest absolute Gasteiger partial charge is 0.142 e. The number of aromatic nitrogens is 2. The number of aliphatic hydroxyl groups is 1. The van der Waals surface area contributed by atoms with Gasteiger partial charge in [0, 0.05) is 30.4 Å². The second kappa shape index (κ2) is 7.17. The summed E-state index contributed by atoms with van der Waals surface area (Å²) < 4.78 is 0. The van der Waals surface area contributed by atoms with Gasteiger partial charge in [-0.15, -0.1) is 11.3 Å². The van der Waals surface area contributed by atoms with Crippen molar-refractivity contribution < 1.29 is 5.11 Å².